The summed E-state index contributed by atoms with van der Waals surface area (Å²) in [4.78, 5) is 22.1. The summed E-state index contributed by atoms with van der Waals surface area (Å²) < 4.78 is 0. The maximum Gasteiger partial charge on any atom is 0.272 e. The summed E-state index contributed by atoms with van der Waals surface area (Å²) >= 11 is 0. The molecule has 1 aliphatic rings. The van der Waals surface area contributed by atoms with Gasteiger partial charge in [0, 0.05) is 24.1 Å². The zero-order chi connectivity index (χ0) is 12.3. The van der Waals surface area contributed by atoms with Crippen LogP contribution in [0.1, 0.15) is 18.4 Å². The molecule has 1 unspecified atom stereocenters. The molecule has 1 aromatic rings. The van der Waals surface area contributed by atoms with Crippen LogP contribution in [0.25, 0.3) is 0 Å². The van der Waals surface area contributed by atoms with Crippen molar-refractivity contribution < 1.29 is 9.72 Å². The molecule has 5 nitrogen and oxygen atoms in total. The molecule has 90 valence electrons. The Bertz CT molecular complexity index is 445. The number of nitrogens with one attached hydrogen (secondary N) is 1. The van der Waals surface area contributed by atoms with Crippen molar-refractivity contribution in [3.05, 3.63) is 39.9 Å². The number of amides is 1. The van der Waals surface area contributed by atoms with Crippen LogP contribution in [-0.2, 0) is 11.2 Å². The molecule has 5 heteroatoms. The number of hydrogen-bond donors (Lipinski definition) is 1. The van der Waals surface area contributed by atoms with Crippen LogP contribution < -0.4 is 5.32 Å². The van der Waals surface area contributed by atoms with E-state index in [1.54, 1.807) is 18.2 Å². The van der Waals surface area contributed by atoms with Crippen molar-refractivity contribution in [2.24, 2.45) is 5.92 Å². The van der Waals surface area contributed by atoms with Crippen LogP contribution in [-0.4, -0.2) is 17.4 Å². The molecule has 1 aromatic carbocycles. The predicted octanol–water partition coefficient (Wildman–Crippen LogP) is 1.66. The van der Waals surface area contributed by atoms with Crippen LogP contribution in [0.15, 0.2) is 24.3 Å². The largest absolute Gasteiger partial charge is 0.356 e. The molecule has 0 bridgehead atoms. The highest BCUT2D eigenvalue weighted by Gasteiger charge is 2.25. The monoisotopic (exact) mass is 234 g/mol. The molecule has 0 radical (unpaired) electrons. The van der Waals surface area contributed by atoms with Gasteiger partial charge in [0.05, 0.1) is 4.92 Å². The number of benzene rings is 1. The van der Waals surface area contributed by atoms with E-state index in [0.29, 0.717) is 18.5 Å². The lowest BCUT2D eigenvalue weighted by Crippen LogP contribution is -2.37. The van der Waals surface area contributed by atoms with Gasteiger partial charge in [-0.15, -0.1) is 0 Å². The van der Waals surface area contributed by atoms with Crippen LogP contribution in [0.3, 0.4) is 0 Å². The summed E-state index contributed by atoms with van der Waals surface area (Å²) in [5, 5.41) is 13.6. The average molecular weight is 234 g/mol. The number of carbonyl (C=O) groups is 1. The van der Waals surface area contributed by atoms with E-state index in [2.05, 4.69) is 5.32 Å². The third kappa shape index (κ3) is 2.61. The highest BCUT2D eigenvalue weighted by Crippen LogP contribution is 2.24. The number of nitrogens with zero attached hydrogens (tertiary/aromatic N) is 1. The Labute approximate surface area is 99.0 Å². The second-order valence-electron chi connectivity index (χ2n) is 4.22. The molecule has 1 aliphatic heterocycles. The Balaban J connectivity index is 2.17. The first kappa shape index (κ1) is 11.6. The summed E-state index contributed by atoms with van der Waals surface area (Å²) in [5.74, 6) is -0.126. The van der Waals surface area contributed by atoms with Gasteiger partial charge in [0.25, 0.3) is 5.69 Å². The van der Waals surface area contributed by atoms with Crippen molar-refractivity contribution in [3.63, 3.8) is 0 Å². The first-order valence-electron chi connectivity index (χ1n) is 5.68. The first-order valence-corrected chi connectivity index (χ1v) is 5.68. The third-order valence-electron chi connectivity index (χ3n) is 3.05. The van der Waals surface area contributed by atoms with Crippen molar-refractivity contribution in [1.82, 2.24) is 5.32 Å². The fourth-order valence-corrected chi connectivity index (χ4v) is 2.16. The van der Waals surface area contributed by atoms with Crippen LogP contribution in [0, 0.1) is 16.0 Å². The number of rotatable bonds is 3. The highest BCUT2D eigenvalue weighted by atomic mass is 16.6. The molecule has 1 fully saturated rings. The highest BCUT2D eigenvalue weighted by molar-refractivity contribution is 5.79. The lowest BCUT2D eigenvalue weighted by atomic mass is 9.91. The molecule has 0 spiro atoms. The standard InChI is InChI=1S/C12H14N2O3/c15-12-10(5-3-7-13-12)8-9-4-1-2-6-11(9)14(16)17/h1-2,4,6,10H,3,5,7-8H2,(H,13,15). The number of nitro groups is 1. The number of hydrogen-bond acceptors (Lipinski definition) is 3. The molecule has 1 saturated heterocycles. The molecule has 1 amide bonds. The molecule has 17 heavy (non-hydrogen) atoms. The first-order chi connectivity index (χ1) is 8.18. The van der Waals surface area contributed by atoms with Gasteiger partial charge in [0.15, 0.2) is 0 Å². The number of para-hydroxylation sites is 1. The minimum Gasteiger partial charge on any atom is -0.356 e. The minimum absolute atomic E-state index is 0.00870. The number of carbonyl (C=O) groups excluding carboxylic acids is 1. The van der Waals surface area contributed by atoms with Crippen molar-refractivity contribution in [2.45, 2.75) is 19.3 Å². The van der Waals surface area contributed by atoms with Gasteiger partial charge in [-0.25, -0.2) is 0 Å². The van der Waals surface area contributed by atoms with E-state index in [-0.39, 0.29) is 17.5 Å². The van der Waals surface area contributed by atoms with Gasteiger partial charge in [-0.05, 0) is 19.3 Å². The Morgan fingerprint density at radius 3 is 2.88 bits per heavy atom. The van der Waals surface area contributed by atoms with Crippen molar-refractivity contribution in [2.75, 3.05) is 6.54 Å². The molecular formula is C12H14N2O3. The van der Waals surface area contributed by atoms with E-state index in [9.17, 15) is 14.9 Å². The zero-order valence-corrected chi connectivity index (χ0v) is 9.39. The van der Waals surface area contributed by atoms with Crippen molar-refractivity contribution in [3.8, 4) is 0 Å². The Morgan fingerprint density at radius 1 is 1.41 bits per heavy atom. The van der Waals surface area contributed by atoms with Crippen LogP contribution in [0.4, 0.5) is 5.69 Å². The average Bonchev–Trinajstić information content (AvgIpc) is 2.32. The van der Waals surface area contributed by atoms with E-state index in [4.69, 9.17) is 0 Å². The van der Waals surface area contributed by atoms with Gasteiger partial charge in [-0.3, -0.25) is 14.9 Å². The van der Waals surface area contributed by atoms with E-state index < -0.39 is 4.92 Å². The zero-order valence-electron chi connectivity index (χ0n) is 9.39. The summed E-state index contributed by atoms with van der Waals surface area (Å²) in [7, 11) is 0. The maximum absolute atomic E-state index is 11.6. The molecule has 0 aromatic heterocycles. The lowest BCUT2D eigenvalue weighted by Gasteiger charge is -2.21. The van der Waals surface area contributed by atoms with Gasteiger partial charge >= 0.3 is 0 Å². The third-order valence-corrected chi connectivity index (χ3v) is 3.05. The van der Waals surface area contributed by atoms with Crippen molar-refractivity contribution in [1.29, 1.82) is 0 Å². The topological polar surface area (TPSA) is 72.2 Å². The maximum atomic E-state index is 11.6. The van der Waals surface area contributed by atoms with Gasteiger partial charge in [0.1, 0.15) is 0 Å². The number of nitro benzene ring substituents is 1. The predicted molar refractivity (Wildman–Crippen MR) is 62.5 cm³/mol. The molecule has 1 atom stereocenters. The van der Waals surface area contributed by atoms with Crippen LogP contribution in [0.2, 0.25) is 0 Å². The molecule has 2 rings (SSSR count). The molecule has 0 aliphatic carbocycles. The normalized spacial score (nSPS) is 19.8. The van der Waals surface area contributed by atoms with Crippen LogP contribution >= 0.6 is 0 Å². The molecule has 1 heterocycles. The summed E-state index contributed by atoms with van der Waals surface area (Å²) in [6, 6.07) is 6.61. The Kier molecular flexibility index (Phi) is 3.37. The SMILES string of the molecule is O=C1NCCCC1Cc1ccccc1[N+](=O)[O-]. The summed E-state index contributed by atoms with van der Waals surface area (Å²) in [5.41, 5.74) is 0.741. The Hall–Kier alpha value is -1.91. The second kappa shape index (κ2) is 4.95. The molecule has 0 saturated carbocycles. The van der Waals surface area contributed by atoms with E-state index in [1.807, 2.05) is 0 Å². The quantitative estimate of drug-likeness (QED) is 0.638. The summed E-state index contributed by atoms with van der Waals surface area (Å²) in [6.07, 6.45) is 2.19. The Morgan fingerprint density at radius 2 is 2.18 bits per heavy atom. The lowest BCUT2D eigenvalue weighted by molar-refractivity contribution is -0.385. The molecule has 1 N–H and O–H groups in total. The number of piperidine rings is 1. The van der Waals surface area contributed by atoms with Gasteiger partial charge in [-0.2, -0.15) is 0 Å². The fraction of sp³-hybridized carbons (Fsp3) is 0.417. The van der Waals surface area contributed by atoms with Crippen molar-refractivity contribution >= 4 is 11.6 Å². The second-order valence-corrected chi connectivity index (χ2v) is 4.22. The fourth-order valence-electron chi connectivity index (χ4n) is 2.16. The van der Waals surface area contributed by atoms with E-state index in [1.165, 1.54) is 6.07 Å². The molecular weight excluding hydrogens is 220 g/mol. The van der Waals surface area contributed by atoms with Crippen LogP contribution in [0.5, 0.6) is 0 Å². The van der Waals surface area contributed by atoms with E-state index in [0.717, 1.165) is 12.8 Å². The van der Waals surface area contributed by atoms with Gasteiger partial charge < -0.3 is 5.32 Å². The van der Waals surface area contributed by atoms with E-state index >= 15 is 0 Å². The minimum atomic E-state index is -0.393. The van der Waals surface area contributed by atoms with Gasteiger partial charge in [0.2, 0.25) is 5.91 Å². The van der Waals surface area contributed by atoms with Gasteiger partial charge in [-0.1, -0.05) is 18.2 Å². The summed E-state index contributed by atoms with van der Waals surface area (Å²) in [6.45, 7) is 0.715. The smallest absolute Gasteiger partial charge is 0.272 e.